The highest BCUT2D eigenvalue weighted by molar-refractivity contribution is 5.67. The van der Waals surface area contributed by atoms with E-state index in [0.29, 0.717) is 31.3 Å². The second-order valence-electron chi connectivity index (χ2n) is 4.27. The van der Waals surface area contributed by atoms with Gasteiger partial charge in [0.2, 0.25) is 5.75 Å². The number of nitrogens with zero attached hydrogens (tertiary/aromatic N) is 1. The lowest BCUT2D eigenvalue weighted by Gasteiger charge is -2.14. The van der Waals surface area contributed by atoms with Crippen molar-refractivity contribution in [3.05, 3.63) is 29.6 Å². The van der Waals surface area contributed by atoms with Gasteiger partial charge in [-0.25, -0.2) is 14.1 Å². The van der Waals surface area contributed by atoms with Gasteiger partial charge in [0.05, 0.1) is 5.56 Å². The molecule has 4 nitrogen and oxygen atoms in total. The Hall–Kier alpha value is -1.99. The molecule has 1 heterocycles. The summed E-state index contributed by atoms with van der Waals surface area (Å²) in [5.41, 5.74) is -1.09. The van der Waals surface area contributed by atoms with E-state index in [9.17, 15) is 22.4 Å². The average molecular weight is 293 g/mol. The van der Waals surface area contributed by atoms with E-state index in [1.807, 2.05) is 0 Å². The summed E-state index contributed by atoms with van der Waals surface area (Å²) < 4.78 is 50.6. The van der Waals surface area contributed by atoms with E-state index in [1.165, 1.54) is 4.90 Å². The lowest BCUT2D eigenvalue weighted by Crippen LogP contribution is -2.29. The van der Waals surface area contributed by atoms with Crippen LogP contribution in [0.3, 0.4) is 0 Å². The van der Waals surface area contributed by atoms with Gasteiger partial charge in [-0.2, -0.15) is 13.2 Å². The van der Waals surface area contributed by atoms with Gasteiger partial charge in [0, 0.05) is 19.2 Å². The molecule has 1 aromatic rings. The van der Waals surface area contributed by atoms with Crippen molar-refractivity contribution in [2.75, 3.05) is 13.1 Å². The minimum absolute atomic E-state index is 0.437. The van der Waals surface area contributed by atoms with Crippen LogP contribution in [0.15, 0.2) is 18.2 Å². The fraction of sp³-hybridized carbons (Fsp3) is 0.417. The predicted octanol–water partition coefficient (Wildman–Crippen LogP) is 3.37. The minimum atomic E-state index is -4.63. The Kier molecular flexibility index (Phi) is 4.01. The Balaban J connectivity index is 2.03. The number of alkyl halides is 3. The maximum Gasteiger partial charge on any atom is 0.452 e. The zero-order valence-corrected chi connectivity index (χ0v) is 10.2. The molecule has 0 N–H and O–H groups in total. The average Bonchev–Trinajstić information content (AvgIpc) is 2.90. The first-order valence-corrected chi connectivity index (χ1v) is 5.88. The Labute approximate surface area is 111 Å². The van der Waals surface area contributed by atoms with Crippen LogP contribution in [0.2, 0.25) is 0 Å². The van der Waals surface area contributed by atoms with Crippen LogP contribution in [0, 0.1) is 5.82 Å². The molecular weight excluding hydrogens is 282 g/mol. The lowest BCUT2D eigenvalue weighted by molar-refractivity contribution is -0.156. The summed E-state index contributed by atoms with van der Waals surface area (Å²) in [6, 6.07) is 1.61. The molecule has 8 heteroatoms. The quantitative estimate of drug-likeness (QED) is 0.477. The van der Waals surface area contributed by atoms with Crippen molar-refractivity contribution in [1.82, 2.24) is 4.90 Å². The minimum Gasteiger partial charge on any atom is -0.305 e. The molecule has 0 spiro atoms. The van der Waals surface area contributed by atoms with E-state index in [4.69, 9.17) is 0 Å². The molecule has 0 bridgehead atoms. The molecule has 1 amide bonds. The van der Waals surface area contributed by atoms with Crippen LogP contribution in [-0.2, 0) is 11.1 Å². The first-order chi connectivity index (χ1) is 9.38. The van der Waals surface area contributed by atoms with Crippen molar-refractivity contribution in [3.8, 4) is 5.75 Å². The maximum absolute atomic E-state index is 13.3. The van der Waals surface area contributed by atoms with Gasteiger partial charge < -0.3 is 4.90 Å². The zero-order valence-electron chi connectivity index (χ0n) is 10.2. The van der Waals surface area contributed by atoms with Gasteiger partial charge in [-0.1, -0.05) is 0 Å². The van der Waals surface area contributed by atoms with Crippen molar-refractivity contribution < 1.29 is 32.1 Å². The van der Waals surface area contributed by atoms with Crippen molar-refractivity contribution >= 4 is 6.09 Å². The standard InChI is InChI=1S/C12H11F4NO3/c13-9-4-3-8(12(14,15)16)7-10(9)19-20-11(18)17-5-1-2-6-17/h3-4,7H,1-2,5-6H2. The van der Waals surface area contributed by atoms with Crippen LogP contribution >= 0.6 is 0 Å². The van der Waals surface area contributed by atoms with E-state index in [2.05, 4.69) is 9.78 Å². The molecule has 1 aliphatic heterocycles. The summed E-state index contributed by atoms with van der Waals surface area (Å²) in [6.07, 6.45) is -3.86. The van der Waals surface area contributed by atoms with Crippen LogP contribution in [0.1, 0.15) is 18.4 Å². The third-order valence-electron chi connectivity index (χ3n) is 2.83. The van der Waals surface area contributed by atoms with Gasteiger partial charge in [0.25, 0.3) is 0 Å². The van der Waals surface area contributed by atoms with Crippen LogP contribution in [0.4, 0.5) is 22.4 Å². The summed E-state index contributed by atoms with van der Waals surface area (Å²) in [6.45, 7) is 0.959. The second kappa shape index (κ2) is 5.56. The largest absolute Gasteiger partial charge is 0.452 e. The number of hydrogen-bond acceptors (Lipinski definition) is 3. The molecule has 1 aliphatic rings. The van der Waals surface area contributed by atoms with Gasteiger partial charge in [-0.3, -0.25) is 4.89 Å². The number of benzene rings is 1. The highest BCUT2D eigenvalue weighted by atomic mass is 19.4. The first-order valence-electron chi connectivity index (χ1n) is 5.88. The molecule has 0 aliphatic carbocycles. The van der Waals surface area contributed by atoms with E-state index in [1.54, 1.807) is 0 Å². The Bertz CT molecular complexity index is 498. The van der Waals surface area contributed by atoms with E-state index >= 15 is 0 Å². The second-order valence-corrected chi connectivity index (χ2v) is 4.27. The van der Waals surface area contributed by atoms with E-state index < -0.39 is 29.4 Å². The van der Waals surface area contributed by atoms with Crippen LogP contribution < -0.4 is 4.89 Å². The maximum atomic E-state index is 13.3. The Morgan fingerprint density at radius 2 is 1.85 bits per heavy atom. The molecule has 1 saturated heterocycles. The zero-order chi connectivity index (χ0) is 14.8. The molecule has 0 atom stereocenters. The fourth-order valence-corrected chi connectivity index (χ4v) is 1.78. The number of carbonyl (C=O) groups excluding carboxylic acids is 1. The number of rotatable bonds is 2. The molecule has 2 rings (SSSR count). The molecular formula is C12H11F4NO3. The molecule has 1 aromatic carbocycles. The number of hydrogen-bond donors (Lipinski definition) is 0. The summed E-state index contributed by atoms with van der Waals surface area (Å²) in [5.74, 6) is -1.83. The van der Waals surface area contributed by atoms with Gasteiger partial charge in [0.15, 0.2) is 5.82 Å². The molecule has 0 radical (unpaired) electrons. The van der Waals surface area contributed by atoms with E-state index in [0.717, 1.165) is 12.8 Å². The number of halogens is 4. The molecule has 20 heavy (non-hydrogen) atoms. The van der Waals surface area contributed by atoms with Crippen LogP contribution in [0.5, 0.6) is 5.75 Å². The van der Waals surface area contributed by atoms with Crippen LogP contribution in [-0.4, -0.2) is 24.1 Å². The van der Waals surface area contributed by atoms with Crippen molar-refractivity contribution in [2.45, 2.75) is 19.0 Å². The van der Waals surface area contributed by atoms with Crippen molar-refractivity contribution in [3.63, 3.8) is 0 Å². The van der Waals surface area contributed by atoms with Crippen molar-refractivity contribution in [1.29, 1.82) is 0 Å². The number of carbonyl (C=O) groups is 1. The first kappa shape index (κ1) is 14.4. The highest BCUT2D eigenvalue weighted by Crippen LogP contribution is 2.32. The number of likely N-dealkylation sites (tertiary alicyclic amines) is 1. The van der Waals surface area contributed by atoms with Crippen LogP contribution in [0.25, 0.3) is 0 Å². The monoisotopic (exact) mass is 293 g/mol. The van der Waals surface area contributed by atoms with Gasteiger partial charge in [0.1, 0.15) is 0 Å². The Morgan fingerprint density at radius 3 is 2.45 bits per heavy atom. The summed E-state index contributed by atoms with van der Waals surface area (Å²) in [4.78, 5) is 21.5. The number of amides is 1. The van der Waals surface area contributed by atoms with Crippen molar-refractivity contribution in [2.24, 2.45) is 0 Å². The molecule has 0 unspecified atom stereocenters. The van der Waals surface area contributed by atoms with Gasteiger partial charge in [-0.15, -0.1) is 0 Å². The predicted molar refractivity (Wildman–Crippen MR) is 59.3 cm³/mol. The SMILES string of the molecule is O=C(OOc1cc(C(F)(F)F)ccc1F)N1CCCC1. The van der Waals surface area contributed by atoms with Gasteiger partial charge >= 0.3 is 12.3 Å². The third kappa shape index (κ3) is 3.31. The normalized spacial score (nSPS) is 15.3. The summed E-state index contributed by atoms with van der Waals surface area (Å²) >= 11 is 0. The Morgan fingerprint density at radius 1 is 1.20 bits per heavy atom. The third-order valence-corrected chi connectivity index (χ3v) is 2.83. The summed E-state index contributed by atoms with van der Waals surface area (Å²) in [7, 11) is 0. The topological polar surface area (TPSA) is 38.8 Å². The highest BCUT2D eigenvalue weighted by Gasteiger charge is 2.32. The molecule has 1 fully saturated rings. The molecule has 0 saturated carbocycles. The fourth-order valence-electron chi connectivity index (χ4n) is 1.78. The molecule has 110 valence electrons. The lowest BCUT2D eigenvalue weighted by atomic mass is 10.2. The van der Waals surface area contributed by atoms with E-state index in [-0.39, 0.29) is 0 Å². The van der Waals surface area contributed by atoms with Gasteiger partial charge in [-0.05, 0) is 25.0 Å². The smallest absolute Gasteiger partial charge is 0.305 e. The molecule has 0 aromatic heterocycles. The summed E-state index contributed by atoms with van der Waals surface area (Å²) in [5, 5.41) is 0.